The summed E-state index contributed by atoms with van der Waals surface area (Å²) in [6, 6.07) is -1.23. The van der Waals surface area contributed by atoms with Gasteiger partial charge in [0.2, 0.25) is 17.7 Å². The first-order chi connectivity index (χ1) is 17.2. The second kappa shape index (κ2) is 15.5. The molecular weight excluding hydrogens is 468 g/mol. The van der Waals surface area contributed by atoms with Crippen LogP contribution in [0.15, 0.2) is 11.6 Å². The Balaban J connectivity index is 3.05. The van der Waals surface area contributed by atoms with E-state index in [4.69, 9.17) is 0 Å². The van der Waals surface area contributed by atoms with Crippen LogP contribution in [0.4, 0.5) is 0 Å². The molecule has 1 aliphatic rings. The number of hydrogen-bond donors (Lipinski definition) is 3. The lowest BCUT2D eigenvalue weighted by Crippen LogP contribution is -2.58. The molecule has 0 radical (unpaired) electrons. The Morgan fingerprint density at radius 1 is 1.00 bits per heavy atom. The molecule has 8 heteroatoms. The molecule has 0 aromatic rings. The number of piperidine rings is 1. The number of amides is 3. The van der Waals surface area contributed by atoms with Crippen LogP contribution < -0.4 is 10.6 Å². The quantitative estimate of drug-likeness (QED) is 0.322. The van der Waals surface area contributed by atoms with Gasteiger partial charge in [0.15, 0.2) is 0 Å². The predicted molar refractivity (Wildman–Crippen MR) is 150 cm³/mol. The Labute approximate surface area is 225 Å². The molecule has 1 saturated heterocycles. The van der Waals surface area contributed by atoms with E-state index >= 15 is 0 Å². The van der Waals surface area contributed by atoms with Crippen molar-refractivity contribution in [1.82, 2.24) is 20.4 Å². The van der Waals surface area contributed by atoms with E-state index in [0.717, 1.165) is 25.8 Å². The van der Waals surface area contributed by atoms with Gasteiger partial charge >= 0.3 is 0 Å². The molecule has 1 heterocycles. The van der Waals surface area contributed by atoms with Gasteiger partial charge in [-0.25, -0.2) is 0 Å². The maximum absolute atomic E-state index is 13.7. The molecule has 214 valence electrons. The van der Waals surface area contributed by atoms with Crippen LogP contribution >= 0.6 is 0 Å². The molecule has 0 spiro atoms. The van der Waals surface area contributed by atoms with Crippen LogP contribution in [0.25, 0.3) is 0 Å². The van der Waals surface area contributed by atoms with Gasteiger partial charge in [-0.1, -0.05) is 54.0 Å². The van der Waals surface area contributed by atoms with Gasteiger partial charge in [0.05, 0.1) is 24.7 Å². The second-order valence-electron chi connectivity index (χ2n) is 12.1. The molecule has 1 rings (SSSR count). The molecule has 0 aliphatic carbocycles. The SMILES string of the molecule is CC(=C[C@H](C(C)C)N(C)C(=O)[C@@H](NC(=O)C1CCCCN1C(C)C)C(C)C)C(=O)NC(CO)CC(C)C. The van der Waals surface area contributed by atoms with Crippen molar-refractivity contribution in [1.29, 1.82) is 0 Å². The highest BCUT2D eigenvalue weighted by Crippen LogP contribution is 2.21. The van der Waals surface area contributed by atoms with Crippen LogP contribution in [-0.4, -0.2) is 83.0 Å². The number of carbonyl (C=O) groups is 3. The molecule has 1 aliphatic heterocycles. The molecule has 0 saturated carbocycles. The third-order valence-corrected chi connectivity index (χ3v) is 7.31. The minimum absolute atomic E-state index is 0.0549. The fourth-order valence-corrected chi connectivity index (χ4v) is 5.11. The normalized spacial score (nSPS) is 19.8. The van der Waals surface area contributed by atoms with Gasteiger partial charge in [-0.2, -0.15) is 0 Å². The van der Waals surface area contributed by atoms with Crippen LogP contribution in [0.1, 0.15) is 88.0 Å². The Morgan fingerprint density at radius 3 is 2.11 bits per heavy atom. The molecule has 2 unspecified atom stereocenters. The molecule has 8 nitrogen and oxygen atoms in total. The predicted octanol–water partition coefficient (Wildman–Crippen LogP) is 3.34. The first kappa shape index (κ1) is 33.1. The number of likely N-dealkylation sites (tertiary alicyclic amines) is 1. The minimum atomic E-state index is -0.651. The Bertz CT molecular complexity index is 778. The van der Waals surface area contributed by atoms with Crippen molar-refractivity contribution >= 4 is 17.7 Å². The van der Waals surface area contributed by atoms with Gasteiger partial charge < -0.3 is 20.6 Å². The molecule has 37 heavy (non-hydrogen) atoms. The molecule has 4 atom stereocenters. The number of likely N-dealkylation sites (N-methyl/N-ethyl adjacent to an activating group) is 1. The Kier molecular flexibility index (Phi) is 13.8. The summed E-state index contributed by atoms with van der Waals surface area (Å²) in [6.07, 6.45) is 5.41. The molecule has 3 N–H and O–H groups in total. The van der Waals surface area contributed by atoms with E-state index in [-0.39, 0.29) is 60.3 Å². The van der Waals surface area contributed by atoms with Crippen LogP contribution in [0.2, 0.25) is 0 Å². The molecular formula is C29H54N4O4. The Morgan fingerprint density at radius 2 is 1.62 bits per heavy atom. The first-order valence-corrected chi connectivity index (χ1v) is 14.1. The van der Waals surface area contributed by atoms with Gasteiger partial charge in [-0.15, -0.1) is 0 Å². The standard InChI is InChI=1S/C29H54N4O4/c1-18(2)15-23(17-34)30-27(35)22(9)16-25(19(3)4)32(10)29(37)26(20(5)6)31-28(36)24-13-11-12-14-33(24)21(7)8/h16,18-21,23-26,34H,11-15,17H2,1-10H3,(H,30,35)(H,31,36)/t23?,24?,25-,26+/m1/s1. The summed E-state index contributed by atoms with van der Waals surface area (Å²) < 4.78 is 0. The van der Waals surface area contributed by atoms with Crippen LogP contribution in [0.5, 0.6) is 0 Å². The number of aliphatic hydroxyl groups is 1. The van der Waals surface area contributed by atoms with Crippen LogP contribution in [0.3, 0.4) is 0 Å². The zero-order chi connectivity index (χ0) is 28.4. The lowest BCUT2D eigenvalue weighted by molar-refractivity contribution is -0.140. The summed E-state index contributed by atoms with van der Waals surface area (Å²) >= 11 is 0. The van der Waals surface area contributed by atoms with Crippen molar-refractivity contribution < 1.29 is 19.5 Å². The third-order valence-electron chi connectivity index (χ3n) is 7.31. The van der Waals surface area contributed by atoms with Crippen molar-refractivity contribution in [2.45, 2.75) is 118 Å². The van der Waals surface area contributed by atoms with Crippen LogP contribution in [-0.2, 0) is 14.4 Å². The topological polar surface area (TPSA) is 102 Å². The van der Waals surface area contributed by atoms with E-state index in [0.29, 0.717) is 17.9 Å². The first-order valence-electron chi connectivity index (χ1n) is 14.1. The maximum Gasteiger partial charge on any atom is 0.246 e. The molecule has 0 bridgehead atoms. The van der Waals surface area contributed by atoms with Gasteiger partial charge in [-0.05, 0) is 64.3 Å². The highest BCUT2D eigenvalue weighted by Gasteiger charge is 2.36. The van der Waals surface area contributed by atoms with Gasteiger partial charge in [-0.3, -0.25) is 19.3 Å². The van der Waals surface area contributed by atoms with Crippen molar-refractivity contribution in [3.63, 3.8) is 0 Å². The number of carbonyl (C=O) groups excluding carboxylic acids is 3. The highest BCUT2D eigenvalue weighted by molar-refractivity contribution is 5.93. The van der Waals surface area contributed by atoms with Crippen molar-refractivity contribution in [2.24, 2.45) is 17.8 Å². The highest BCUT2D eigenvalue weighted by atomic mass is 16.3. The largest absolute Gasteiger partial charge is 0.394 e. The average molecular weight is 523 g/mol. The maximum atomic E-state index is 13.7. The van der Waals surface area contributed by atoms with E-state index < -0.39 is 6.04 Å². The number of rotatable bonds is 13. The molecule has 0 aromatic heterocycles. The molecule has 3 amide bonds. The second-order valence-corrected chi connectivity index (χ2v) is 12.1. The van der Waals surface area contributed by atoms with Crippen molar-refractivity contribution in [3.05, 3.63) is 11.6 Å². The fraction of sp³-hybridized carbons (Fsp3) is 0.828. The summed E-state index contributed by atoms with van der Waals surface area (Å²) in [4.78, 5) is 43.7. The zero-order valence-electron chi connectivity index (χ0n) is 25.0. The lowest BCUT2D eigenvalue weighted by Gasteiger charge is -2.39. The number of aliphatic hydroxyl groups excluding tert-OH is 1. The van der Waals surface area contributed by atoms with Crippen molar-refractivity contribution in [3.8, 4) is 0 Å². The van der Waals surface area contributed by atoms with E-state index in [1.807, 2.05) is 47.6 Å². The molecule has 1 fully saturated rings. The van der Waals surface area contributed by atoms with Crippen LogP contribution in [0, 0.1) is 17.8 Å². The summed E-state index contributed by atoms with van der Waals surface area (Å²) in [5, 5.41) is 15.6. The van der Waals surface area contributed by atoms with Gasteiger partial charge in [0.25, 0.3) is 0 Å². The fourth-order valence-electron chi connectivity index (χ4n) is 5.11. The average Bonchev–Trinajstić information content (AvgIpc) is 2.83. The van der Waals surface area contributed by atoms with E-state index in [2.05, 4.69) is 29.4 Å². The van der Waals surface area contributed by atoms with E-state index in [1.165, 1.54) is 0 Å². The monoisotopic (exact) mass is 522 g/mol. The van der Waals surface area contributed by atoms with E-state index in [1.54, 1.807) is 18.9 Å². The molecule has 0 aromatic carbocycles. The summed E-state index contributed by atoms with van der Waals surface area (Å²) in [5.74, 6) is -0.172. The number of hydrogen-bond acceptors (Lipinski definition) is 5. The number of nitrogens with zero attached hydrogens (tertiary/aromatic N) is 2. The summed E-state index contributed by atoms with van der Waals surface area (Å²) in [7, 11) is 1.74. The lowest BCUT2D eigenvalue weighted by atomic mass is 9.95. The minimum Gasteiger partial charge on any atom is -0.394 e. The smallest absolute Gasteiger partial charge is 0.246 e. The number of nitrogens with one attached hydrogen (secondary N) is 2. The van der Waals surface area contributed by atoms with Gasteiger partial charge in [0.1, 0.15) is 6.04 Å². The summed E-state index contributed by atoms with van der Waals surface area (Å²) in [6.45, 7) is 18.7. The third kappa shape index (κ3) is 10.0. The zero-order valence-corrected chi connectivity index (χ0v) is 25.0. The van der Waals surface area contributed by atoms with Crippen molar-refractivity contribution in [2.75, 3.05) is 20.2 Å². The van der Waals surface area contributed by atoms with Gasteiger partial charge in [0, 0.05) is 18.7 Å². The summed E-state index contributed by atoms with van der Waals surface area (Å²) in [5.41, 5.74) is 0.500. The van der Waals surface area contributed by atoms with E-state index in [9.17, 15) is 19.5 Å². The Hall–Kier alpha value is -1.93.